The van der Waals surface area contributed by atoms with E-state index < -0.39 is 66.3 Å². The Morgan fingerprint density at radius 1 is 0.738 bits per heavy atom. The summed E-state index contributed by atoms with van der Waals surface area (Å²) < 4.78 is 5.39. The summed E-state index contributed by atoms with van der Waals surface area (Å²) in [6.45, 7) is -0.483. The normalized spacial score (nSPS) is 12.6. The van der Waals surface area contributed by atoms with Crippen molar-refractivity contribution in [1.82, 2.24) is 21.3 Å². The summed E-state index contributed by atoms with van der Waals surface area (Å²) in [6.07, 6.45) is -0.253. The number of rotatable bonds is 20. The van der Waals surface area contributed by atoms with E-state index in [0.717, 1.165) is 0 Å². The van der Waals surface area contributed by atoms with E-state index >= 15 is 0 Å². The van der Waals surface area contributed by atoms with Crippen LogP contribution in [0.25, 0.3) is 0 Å². The van der Waals surface area contributed by atoms with E-state index in [0.29, 0.717) is 17.7 Å². The van der Waals surface area contributed by atoms with Gasteiger partial charge >= 0.3 is 29.9 Å². The van der Waals surface area contributed by atoms with Gasteiger partial charge in [0.05, 0.1) is 6.54 Å². The summed E-state index contributed by atoms with van der Waals surface area (Å²) in [4.78, 5) is 80.0. The van der Waals surface area contributed by atoms with Crippen LogP contribution < -0.4 is 31.7 Å². The molecule has 17 heteroatoms. The van der Waals surface area contributed by atoms with E-state index in [1.807, 2.05) is 5.32 Å². The molecule has 0 spiro atoms. The molecule has 0 fully saturated rings. The van der Waals surface area contributed by atoms with Crippen LogP contribution in [0, 0.1) is 0 Å². The van der Waals surface area contributed by atoms with Gasteiger partial charge in [-0.2, -0.15) is 0 Å². The molecule has 17 nitrogen and oxygen atoms in total. The summed E-state index contributed by atoms with van der Waals surface area (Å²) in [5.74, 6) is -6.00. The number of carboxylic acids is 4. The van der Waals surface area contributed by atoms with Crippen molar-refractivity contribution < 1.29 is 58.7 Å². The monoisotopic (exact) mass is 597 g/mol. The molecule has 0 bridgehead atoms. The van der Waals surface area contributed by atoms with E-state index in [2.05, 4.69) is 16.0 Å². The standard InChI is InChI=1S/C25H35N5O12/c26-12-19(31)28-18(24(39)40)11-14-4-6-15(7-5-14)42-13-20(32)27-10-2-1-3-16(22(35)36)29-25(41)30-17(23(37)38)8-9-21(33)34/h4-7,16-18H,1-3,8-13,26H2,(H,27,32)(H,28,31)(H,33,34)(H,35,36)(H,37,38)(H,39,40)(H2,29,30,41)/t16-,17-,18-/m0/s1. The number of hydrogen-bond acceptors (Lipinski definition) is 9. The van der Waals surface area contributed by atoms with Crippen LogP contribution in [-0.4, -0.2) is 100.0 Å². The SMILES string of the molecule is NCC(=O)N[C@@H](Cc1ccc(OCC(=O)NCCCC[C@H](NC(=O)N[C@@H](CCC(=O)O)C(=O)O)C(=O)O)cc1)C(=O)O. The highest BCUT2D eigenvalue weighted by Gasteiger charge is 2.25. The van der Waals surface area contributed by atoms with E-state index in [1.54, 1.807) is 12.1 Å². The van der Waals surface area contributed by atoms with Gasteiger partial charge in [0.15, 0.2) is 6.61 Å². The Bertz CT molecular complexity index is 1110. The maximum absolute atomic E-state index is 12.0. The number of aliphatic carboxylic acids is 4. The molecule has 1 rings (SSSR count). The largest absolute Gasteiger partial charge is 0.484 e. The molecule has 0 unspecified atom stereocenters. The molecular weight excluding hydrogens is 562 g/mol. The predicted octanol–water partition coefficient (Wildman–Crippen LogP) is -1.51. The molecule has 3 atom stereocenters. The van der Waals surface area contributed by atoms with Gasteiger partial charge in [0.1, 0.15) is 23.9 Å². The van der Waals surface area contributed by atoms with Crippen molar-refractivity contribution in [2.45, 2.75) is 56.7 Å². The molecule has 0 aliphatic carbocycles. The van der Waals surface area contributed by atoms with Gasteiger partial charge in [-0.25, -0.2) is 19.2 Å². The Labute approximate surface area is 239 Å². The molecule has 1 aromatic rings. The first-order valence-electron chi connectivity index (χ1n) is 12.8. The molecule has 1 aromatic carbocycles. The molecule has 0 aliphatic heterocycles. The average Bonchev–Trinajstić information content (AvgIpc) is 2.93. The first-order chi connectivity index (χ1) is 19.8. The summed E-state index contributed by atoms with van der Waals surface area (Å²) in [6, 6.07) is 1.16. The Kier molecular flexibility index (Phi) is 15.4. The van der Waals surface area contributed by atoms with Gasteiger partial charge in [0.2, 0.25) is 5.91 Å². The van der Waals surface area contributed by atoms with E-state index in [1.165, 1.54) is 12.1 Å². The maximum atomic E-state index is 12.0. The molecular formula is C25H35N5O12. The molecule has 0 saturated carbocycles. The van der Waals surface area contributed by atoms with Crippen LogP contribution >= 0.6 is 0 Å². The highest BCUT2D eigenvalue weighted by atomic mass is 16.5. The minimum Gasteiger partial charge on any atom is -0.484 e. The Hall–Kier alpha value is -4.93. The average molecular weight is 598 g/mol. The quantitative estimate of drug-likeness (QED) is 0.0774. The van der Waals surface area contributed by atoms with Gasteiger partial charge in [0, 0.05) is 19.4 Å². The molecule has 4 amide bonds. The molecule has 0 saturated heterocycles. The van der Waals surface area contributed by atoms with Gasteiger partial charge in [-0.05, 0) is 43.4 Å². The fraction of sp³-hybridized carbons (Fsp3) is 0.480. The summed E-state index contributed by atoms with van der Waals surface area (Å²) in [7, 11) is 0. The van der Waals surface area contributed by atoms with Crippen molar-refractivity contribution >= 4 is 41.7 Å². The summed E-state index contributed by atoms with van der Waals surface area (Å²) in [5, 5.41) is 45.4. The molecule has 0 radical (unpaired) electrons. The zero-order valence-electron chi connectivity index (χ0n) is 22.5. The maximum Gasteiger partial charge on any atom is 0.326 e. The molecule has 42 heavy (non-hydrogen) atoms. The van der Waals surface area contributed by atoms with Crippen LogP contribution in [0.5, 0.6) is 5.75 Å². The number of nitrogens with one attached hydrogen (secondary N) is 4. The Balaban J connectivity index is 2.39. The fourth-order valence-electron chi connectivity index (χ4n) is 3.45. The molecule has 0 aromatic heterocycles. The summed E-state index contributed by atoms with van der Waals surface area (Å²) in [5.41, 5.74) is 5.79. The van der Waals surface area contributed by atoms with Gasteiger partial charge < -0.3 is 52.2 Å². The number of carbonyl (C=O) groups is 7. The third-order valence-corrected chi connectivity index (χ3v) is 5.65. The molecule has 10 N–H and O–H groups in total. The zero-order chi connectivity index (χ0) is 31.7. The van der Waals surface area contributed by atoms with Crippen LogP contribution in [0.1, 0.15) is 37.7 Å². The number of carboxylic acid groups (broad SMARTS) is 4. The number of benzene rings is 1. The van der Waals surface area contributed by atoms with Crippen LogP contribution in [0.4, 0.5) is 4.79 Å². The lowest BCUT2D eigenvalue weighted by Gasteiger charge is -2.18. The number of amides is 4. The lowest BCUT2D eigenvalue weighted by molar-refractivity contribution is -0.142. The number of nitrogens with two attached hydrogens (primary N) is 1. The molecule has 0 aliphatic rings. The van der Waals surface area contributed by atoms with E-state index in [9.17, 15) is 43.8 Å². The molecule has 0 heterocycles. The first-order valence-corrected chi connectivity index (χ1v) is 12.8. The summed E-state index contributed by atoms with van der Waals surface area (Å²) >= 11 is 0. The van der Waals surface area contributed by atoms with Crippen LogP contribution in [0.2, 0.25) is 0 Å². The molecule has 232 valence electrons. The van der Waals surface area contributed by atoms with Crippen molar-refractivity contribution in [3.63, 3.8) is 0 Å². The number of carbonyl (C=O) groups excluding carboxylic acids is 3. The van der Waals surface area contributed by atoms with E-state index in [4.69, 9.17) is 20.7 Å². The lowest BCUT2D eigenvalue weighted by Crippen LogP contribution is -2.51. The number of unbranched alkanes of at least 4 members (excludes halogenated alkanes) is 1. The lowest BCUT2D eigenvalue weighted by atomic mass is 10.1. The third-order valence-electron chi connectivity index (χ3n) is 5.65. The van der Waals surface area contributed by atoms with Crippen molar-refractivity contribution in [3.8, 4) is 5.75 Å². The number of ether oxygens (including phenoxy) is 1. The number of urea groups is 1. The highest BCUT2D eigenvalue weighted by molar-refractivity contribution is 5.86. The Morgan fingerprint density at radius 2 is 1.31 bits per heavy atom. The Morgan fingerprint density at radius 3 is 1.83 bits per heavy atom. The topological polar surface area (TPSA) is 284 Å². The number of hydrogen-bond donors (Lipinski definition) is 9. The van der Waals surface area contributed by atoms with Crippen molar-refractivity contribution in [2.75, 3.05) is 19.7 Å². The van der Waals surface area contributed by atoms with Crippen LogP contribution in [0.3, 0.4) is 0 Å². The second-order valence-electron chi connectivity index (χ2n) is 8.98. The van der Waals surface area contributed by atoms with Crippen molar-refractivity contribution in [2.24, 2.45) is 5.73 Å². The van der Waals surface area contributed by atoms with Gasteiger partial charge in [-0.3, -0.25) is 14.4 Å². The van der Waals surface area contributed by atoms with Crippen molar-refractivity contribution in [1.29, 1.82) is 0 Å². The second kappa shape index (κ2) is 18.4. The van der Waals surface area contributed by atoms with Crippen LogP contribution in [-0.2, 0) is 35.2 Å². The van der Waals surface area contributed by atoms with Gasteiger partial charge in [-0.1, -0.05) is 12.1 Å². The van der Waals surface area contributed by atoms with E-state index in [-0.39, 0.29) is 45.4 Å². The predicted molar refractivity (Wildman–Crippen MR) is 143 cm³/mol. The van der Waals surface area contributed by atoms with Gasteiger partial charge in [0.25, 0.3) is 5.91 Å². The minimum absolute atomic E-state index is 0.0143. The smallest absolute Gasteiger partial charge is 0.326 e. The third kappa shape index (κ3) is 14.5. The van der Waals surface area contributed by atoms with Crippen molar-refractivity contribution in [3.05, 3.63) is 29.8 Å². The van der Waals surface area contributed by atoms with Gasteiger partial charge in [-0.15, -0.1) is 0 Å². The van der Waals surface area contributed by atoms with Crippen LogP contribution in [0.15, 0.2) is 24.3 Å². The second-order valence-corrected chi connectivity index (χ2v) is 8.98. The first kappa shape index (κ1) is 35.1. The fourth-order valence-corrected chi connectivity index (χ4v) is 3.45. The zero-order valence-corrected chi connectivity index (χ0v) is 22.5. The highest BCUT2D eigenvalue weighted by Crippen LogP contribution is 2.14. The minimum atomic E-state index is -1.51.